The smallest absolute Gasteiger partial charge is 0.220 e. The van der Waals surface area contributed by atoms with E-state index in [4.69, 9.17) is 11.6 Å². The lowest BCUT2D eigenvalue weighted by Crippen LogP contribution is -2.20. The van der Waals surface area contributed by atoms with Crippen molar-refractivity contribution in [3.8, 4) is 0 Å². The first kappa shape index (κ1) is 10.9. The molecule has 0 saturated heterocycles. The van der Waals surface area contributed by atoms with Gasteiger partial charge in [-0.3, -0.25) is 4.79 Å². The van der Waals surface area contributed by atoms with Crippen molar-refractivity contribution in [2.24, 2.45) is 27.8 Å². The summed E-state index contributed by atoms with van der Waals surface area (Å²) in [5, 5.41) is 6.72. The van der Waals surface area contributed by atoms with E-state index in [1.54, 1.807) is 0 Å². The lowest BCUT2D eigenvalue weighted by Gasteiger charge is -2.04. The molecule has 1 atom stereocenters. The van der Waals surface area contributed by atoms with Crippen LogP contribution in [0.25, 0.3) is 0 Å². The SMILES string of the molecule is CC(CCCCN=NN)C(N)=O. The number of hydrogen-bond donors (Lipinski definition) is 2. The maximum Gasteiger partial charge on any atom is 0.220 e. The van der Waals surface area contributed by atoms with Crippen LogP contribution >= 0.6 is 0 Å². The van der Waals surface area contributed by atoms with E-state index in [1.165, 1.54) is 0 Å². The van der Waals surface area contributed by atoms with E-state index >= 15 is 0 Å². The molecule has 0 aromatic heterocycles. The molecule has 1 unspecified atom stereocenters. The van der Waals surface area contributed by atoms with Gasteiger partial charge in [0, 0.05) is 5.92 Å². The van der Waals surface area contributed by atoms with Crippen molar-refractivity contribution in [2.45, 2.75) is 26.2 Å². The van der Waals surface area contributed by atoms with Gasteiger partial charge in [0.2, 0.25) is 5.91 Å². The van der Waals surface area contributed by atoms with Gasteiger partial charge in [-0.05, 0) is 12.8 Å². The largest absolute Gasteiger partial charge is 0.369 e. The highest BCUT2D eigenvalue weighted by Gasteiger charge is 2.06. The Hall–Kier alpha value is -1.13. The van der Waals surface area contributed by atoms with Crippen LogP contribution in [0.15, 0.2) is 10.3 Å². The molecule has 0 saturated carbocycles. The molecule has 0 aliphatic carbocycles. The Morgan fingerprint density at radius 1 is 1.50 bits per heavy atom. The van der Waals surface area contributed by atoms with E-state index in [9.17, 15) is 4.79 Å². The van der Waals surface area contributed by atoms with Crippen LogP contribution in [0.2, 0.25) is 0 Å². The number of primary amides is 1. The zero-order chi connectivity index (χ0) is 9.40. The zero-order valence-corrected chi connectivity index (χ0v) is 7.36. The molecule has 5 nitrogen and oxygen atoms in total. The van der Waals surface area contributed by atoms with Gasteiger partial charge in [0.15, 0.2) is 0 Å². The van der Waals surface area contributed by atoms with Gasteiger partial charge in [-0.15, -0.1) is 0 Å². The van der Waals surface area contributed by atoms with Crippen molar-refractivity contribution in [1.82, 2.24) is 0 Å². The van der Waals surface area contributed by atoms with Crippen molar-refractivity contribution in [2.75, 3.05) is 6.54 Å². The van der Waals surface area contributed by atoms with E-state index in [0.29, 0.717) is 6.54 Å². The van der Waals surface area contributed by atoms with Crippen molar-refractivity contribution in [3.05, 3.63) is 0 Å². The summed E-state index contributed by atoms with van der Waals surface area (Å²) < 4.78 is 0. The van der Waals surface area contributed by atoms with Crippen molar-refractivity contribution < 1.29 is 4.79 Å². The van der Waals surface area contributed by atoms with Crippen molar-refractivity contribution >= 4 is 5.91 Å². The molecule has 0 rings (SSSR count). The highest BCUT2D eigenvalue weighted by molar-refractivity contribution is 5.76. The van der Waals surface area contributed by atoms with Gasteiger partial charge in [-0.2, -0.15) is 5.11 Å². The number of carbonyl (C=O) groups is 1. The molecule has 1 amide bonds. The molecule has 0 bridgehead atoms. The number of nitrogens with zero attached hydrogens (tertiary/aromatic N) is 2. The van der Waals surface area contributed by atoms with Gasteiger partial charge in [-0.25, -0.2) is 0 Å². The van der Waals surface area contributed by atoms with E-state index in [2.05, 4.69) is 10.3 Å². The summed E-state index contributed by atoms with van der Waals surface area (Å²) in [4.78, 5) is 10.6. The molecule has 4 N–H and O–H groups in total. The molecule has 0 aromatic rings. The fourth-order valence-electron chi connectivity index (χ4n) is 0.833. The Balaban J connectivity index is 3.25. The van der Waals surface area contributed by atoms with Gasteiger partial charge in [0.25, 0.3) is 0 Å². The zero-order valence-electron chi connectivity index (χ0n) is 7.36. The fourth-order valence-corrected chi connectivity index (χ4v) is 0.833. The average molecular weight is 172 g/mol. The van der Waals surface area contributed by atoms with E-state index < -0.39 is 0 Å². The minimum absolute atomic E-state index is 0.0418. The third-order valence-corrected chi connectivity index (χ3v) is 1.71. The maximum absolute atomic E-state index is 10.6. The molecule has 0 aliphatic heterocycles. The quantitative estimate of drug-likeness (QED) is 0.266. The second kappa shape index (κ2) is 6.57. The van der Waals surface area contributed by atoms with Crippen LogP contribution in [0.5, 0.6) is 0 Å². The topological polar surface area (TPSA) is 93.8 Å². The molecule has 5 heteroatoms. The van der Waals surface area contributed by atoms with Gasteiger partial charge >= 0.3 is 0 Å². The van der Waals surface area contributed by atoms with Crippen molar-refractivity contribution in [3.63, 3.8) is 0 Å². The number of hydrogen-bond acceptors (Lipinski definition) is 3. The first-order chi connectivity index (χ1) is 5.68. The summed E-state index contributed by atoms with van der Waals surface area (Å²) in [6.45, 7) is 2.45. The van der Waals surface area contributed by atoms with Crippen molar-refractivity contribution in [1.29, 1.82) is 0 Å². The van der Waals surface area contributed by atoms with Crippen LogP contribution in [0.4, 0.5) is 0 Å². The highest BCUT2D eigenvalue weighted by atomic mass is 16.1. The minimum atomic E-state index is -0.240. The number of unbranched alkanes of at least 4 members (excludes halogenated alkanes) is 1. The summed E-state index contributed by atoms with van der Waals surface area (Å²) in [7, 11) is 0. The van der Waals surface area contributed by atoms with Gasteiger partial charge in [0.05, 0.1) is 6.54 Å². The molecule has 0 aromatic carbocycles. The van der Waals surface area contributed by atoms with Crippen LogP contribution in [-0.4, -0.2) is 12.5 Å². The van der Waals surface area contributed by atoms with Crippen LogP contribution in [0.3, 0.4) is 0 Å². The molecule has 0 spiro atoms. The summed E-state index contributed by atoms with van der Waals surface area (Å²) in [6, 6.07) is 0. The number of amides is 1. The maximum atomic E-state index is 10.6. The lowest BCUT2D eigenvalue weighted by atomic mass is 10.0. The molecule has 0 radical (unpaired) electrons. The molecule has 12 heavy (non-hydrogen) atoms. The van der Waals surface area contributed by atoms with Crippen LogP contribution < -0.4 is 11.6 Å². The molecule has 0 fully saturated rings. The Morgan fingerprint density at radius 2 is 2.17 bits per heavy atom. The monoisotopic (exact) mass is 172 g/mol. The first-order valence-electron chi connectivity index (χ1n) is 4.04. The number of carbonyl (C=O) groups excluding carboxylic acids is 1. The Bertz CT molecular complexity index is 157. The van der Waals surface area contributed by atoms with E-state index in [1.807, 2.05) is 6.92 Å². The Kier molecular flexibility index (Phi) is 5.95. The van der Waals surface area contributed by atoms with Gasteiger partial charge in [-0.1, -0.05) is 18.6 Å². The standard InChI is InChI=1S/C7H16N4O/c1-6(7(8)12)4-2-3-5-10-11-9/h6H,2-5H2,1H3,(H2,8,12)(H2,9,10). The molecular formula is C7H16N4O. The summed E-state index contributed by atoms with van der Waals surface area (Å²) in [5.74, 6) is 4.52. The number of rotatable bonds is 6. The molecule has 0 aliphatic rings. The first-order valence-corrected chi connectivity index (χ1v) is 4.04. The lowest BCUT2D eigenvalue weighted by molar-refractivity contribution is -0.121. The predicted molar refractivity (Wildman–Crippen MR) is 46.1 cm³/mol. The van der Waals surface area contributed by atoms with Gasteiger partial charge < -0.3 is 11.6 Å². The number of nitrogens with two attached hydrogens (primary N) is 2. The predicted octanol–water partition coefficient (Wildman–Crippen LogP) is 0.604. The normalized spacial score (nSPS) is 13.4. The fraction of sp³-hybridized carbons (Fsp3) is 0.857. The highest BCUT2D eigenvalue weighted by Crippen LogP contribution is 2.06. The summed E-state index contributed by atoms with van der Waals surface area (Å²) in [6.07, 6.45) is 2.65. The Morgan fingerprint density at radius 3 is 2.67 bits per heavy atom. The molecule has 0 heterocycles. The van der Waals surface area contributed by atoms with Crippen LogP contribution in [-0.2, 0) is 4.79 Å². The molecular weight excluding hydrogens is 156 g/mol. The van der Waals surface area contributed by atoms with Crippen LogP contribution in [0.1, 0.15) is 26.2 Å². The molecule has 70 valence electrons. The van der Waals surface area contributed by atoms with E-state index in [0.717, 1.165) is 19.3 Å². The van der Waals surface area contributed by atoms with Gasteiger partial charge in [0.1, 0.15) is 0 Å². The summed E-state index contributed by atoms with van der Waals surface area (Å²) >= 11 is 0. The van der Waals surface area contributed by atoms with E-state index in [-0.39, 0.29) is 11.8 Å². The average Bonchev–Trinajstić information content (AvgIpc) is 2.03. The third-order valence-electron chi connectivity index (χ3n) is 1.71. The summed E-state index contributed by atoms with van der Waals surface area (Å²) in [5.41, 5.74) is 5.08. The third kappa shape index (κ3) is 5.64. The Labute approximate surface area is 72.2 Å². The second-order valence-corrected chi connectivity index (χ2v) is 2.78. The minimum Gasteiger partial charge on any atom is -0.369 e. The van der Waals surface area contributed by atoms with Crippen LogP contribution in [0, 0.1) is 5.92 Å². The second-order valence-electron chi connectivity index (χ2n) is 2.78.